The summed E-state index contributed by atoms with van der Waals surface area (Å²) < 4.78 is 49.7. The van der Waals surface area contributed by atoms with E-state index in [1.807, 2.05) is 6.07 Å². The largest absolute Gasteiger partial charge is 0.496 e. The van der Waals surface area contributed by atoms with Crippen LogP contribution in [-0.4, -0.2) is 70.6 Å². The molecule has 4 fully saturated rings. The van der Waals surface area contributed by atoms with Crippen molar-refractivity contribution >= 4 is 29.0 Å². The van der Waals surface area contributed by atoms with Gasteiger partial charge in [-0.1, -0.05) is 26.0 Å². The van der Waals surface area contributed by atoms with E-state index in [-0.39, 0.29) is 42.4 Å². The van der Waals surface area contributed by atoms with E-state index in [2.05, 4.69) is 30.8 Å². The third kappa shape index (κ3) is 6.35. The predicted octanol–water partition coefficient (Wildman–Crippen LogP) is 2.88. The summed E-state index contributed by atoms with van der Waals surface area (Å²) in [5.74, 6) is -0.198. The number of benzene rings is 1. The molecular formula is C28H43BN2O8S. The van der Waals surface area contributed by atoms with Crippen molar-refractivity contribution in [3.05, 3.63) is 29.3 Å². The van der Waals surface area contributed by atoms with Crippen LogP contribution in [0, 0.1) is 17.3 Å². The molecule has 1 aromatic rings. The van der Waals surface area contributed by atoms with E-state index < -0.39 is 40.3 Å². The van der Waals surface area contributed by atoms with Gasteiger partial charge in [-0.05, 0) is 75.8 Å². The average molecular weight is 579 g/mol. The summed E-state index contributed by atoms with van der Waals surface area (Å²) in [6.45, 7) is 12.0. The minimum absolute atomic E-state index is 0.0283. The van der Waals surface area contributed by atoms with Crippen LogP contribution in [0.15, 0.2) is 18.2 Å². The van der Waals surface area contributed by atoms with Crippen LogP contribution in [0.4, 0.5) is 0 Å². The van der Waals surface area contributed by atoms with Crippen LogP contribution in [0.5, 0.6) is 5.75 Å². The maximum atomic E-state index is 13.0. The van der Waals surface area contributed by atoms with E-state index >= 15 is 0 Å². The van der Waals surface area contributed by atoms with Gasteiger partial charge in [0.1, 0.15) is 16.9 Å². The number of para-hydroxylation sites is 1. The molecule has 1 heterocycles. The van der Waals surface area contributed by atoms with Gasteiger partial charge in [0.15, 0.2) is 0 Å². The van der Waals surface area contributed by atoms with Gasteiger partial charge in [-0.15, -0.1) is 0 Å². The molecule has 1 aliphatic heterocycles. The molecule has 0 spiro atoms. The smallest absolute Gasteiger partial charge is 0.482 e. The Hall–Kier alpha value is -2.15. The average Bonchev–Trinajstić information content (AvgIpc) is 3.18. The lowest BCUT2D eigenvalue weighted by atomic mass is 9.43. The van der Waals surface area contributed by atoms with Crippen LogP contribution < -0.4 is 14.8 Å². The molecule has 10 nitrogen and oxygen atoms in total. The Balaban J connectivity index is 1.59. The number of methoxy groups -OCH3 is 1. The highest BCUT2D eigenvalue weighted by molar-refractivity contribution is 7.88. The predicted molar refractivity (Wildman–Crippen MR) is 151 cm³/mol. The fraction of sp³-hybridized carbons (Fsp3) is 0.714. The lowest BCUT2D eigenvalue weighted by Gasteiger charge is -2.64. The summed E-state index contributed by atoms with van der Waals surface area (Å²) in [6, 6.07) is 5.23. The molecule has 5 rings (SSSR count). The lowest BCUT2D eigenvalue weighted by molar-refractivity contribution is -0.199. The molecule has 1 amide bonds. The standard InChI is InChI=1S/C28H43BN2O8S/c1-26(2,3)37-25(33)19-11-9-10-17(24(19)36-7)14-22(31-23(32)12-13-30-40(8,34)35)29-38-21-16-18-15-20(27(18,4)5)28(21,6)39-29/h9-11,18,20-22,30H,12-16H2,1-8H3,(H,31,32). The minimum atomic E-state index is -3.42. The Kier molecular flexibility index (Phi) is 8.41. The summed E-state index contributed by atoms with van der Waals surface area (Å²) in [5.41, 5.74) is -0.0343. The number of esters is 1. The fourth-order valence-corrected chi connectivity index (χ4v) is 7.11. The van der Waals surface area contributed by atoms with Gasteiger partial charge >= 0.3 is 13.1 Å². The summed E-state index contributed by atoms with van der Waals surface area (Å²) in [4.78, 5) is 25.9. The molecular weight excluding hydrogens is 535 g/mol. The van der Waals surface area contributed by atoms with Gasteiger partial charge in [-0.25, -0.2) is 17.9 Å². The lowest BCUT2D eigenvalue weighted by Crippen LogP contribution is -2.65. The number of sulfonamides is 1. The van der Waals surface area contributed by atoms with Crippen LogP contribution in [0.2, 0.25) is 0 Å². The monoisotopic (exact) mass is 578 g/mol. The Morgan fingerprint density at radius 1 is 1.20 bits per heavy atom. The van der Waals surface area contributed by atoms with Crippen molar-refractivity contribution in [3.8, 4) is 5.75 Å². The zero-order chi connectivity index (χ0) is 29.7. The fourth-order valence-electron chi connectivity index (χ4n) is 6.63. The molecule has 2 bridgehead atoms. The first-order chi connectivity index (χ1) is 18.4. The van der Waals surface area contributed by atoms with Gasteiger partial charge in [0.2, 0.25) is 15.9 Å². The minimum Gasteiger partial charge on any atom is -0.496 e. The SMILES string of the molecule is COc1c(CC(NC(=O)CCNS(C)(=O)=O)B2OC3CC4CC(C4(C)C)C3(C)O2)cccc1C(=O)OC(C)(C)C. The van der Waals surface area contributed by atoms with E-state index in [4.69, 9.17) is 18.8 Å². The second kappa shape index (κ2) is 10.9. The molecule has 3 aliphatic carbocycles. The molecule has 3 saturated carbocycles. The first kappa shape index (κ1) is 30.8. The molecule has 0 aromatic heterocycles. The van der Waals surface area contributed by atoms with Crippen molar-refractivity contribution in [1.29, 1.82) is 0 Å². The Morgan fingerprint density at radius 2 is 1.90 bits per heavy atom. The Morgan fingerprint density at radius 3 is 2.50 bits per heavy atom. The van der Waals surface area contributed by atoms with Gasteiger partial charge in [0.05, 0.1) is 31.0 Å². The Bertz CT molecular complexity index is 1250. The highest BCUT2D eigenvalue weighted by Gasteiger charge is 2.68. The molecule has 1 aromatic carbocycles. The van der Waals surface area contributed by atoms with Gasteiger partial charge in [0.25, 0.3) is 0 Å². The molecule has 1 saturated heterocycles. The molecule has 222 valence electrons. The van der Waals surface area contributed by atoms with Crippen LogP contribution >= 0.6 is 0 Å². The normalized spacial score (nSPS) is 27.8. The summed E-state index contributed by atoms with van der Waals surface area (Å²) >= 11 is 0. The molecule has 4 aliphatic rings. The van der Waals surface area contributed by atoms with Crippen molar-refractivity contribution in [3.63, 3.8) is 0 Å². The number of carbonyl (C=O) groups is 2. The maximum absolute atomic E-state index is 13.0. The van der Waals surface area contributed by atoms with E-state index in [9.17, 15) is 18.0 Å². The topological polar surface area (TPSA) is 129 Å². The summed E-state index contributed by atoms with van der Waals surface area (Å²) in [5, 5.41) is 3.01. The van der Waals surface area contributed by atoms with Crippen molar-refractivity contribution in [2.24, 2.45) is 17.3 Å². The van der Waals surface area contributed by atoms with Crippen molar-refractivity contribution in [2.75, 3.05) is 19.9 Å². The first-order valence-electron chi connectivity index (χ1n) is 13.9. The van der Waals surface area contributed by atoms with E-state index in [1.165, 1.54) is 7.11 Å². The number of carbonyl (C=O) groups excluding carboxylic acids is 2. The molecule has 12 heteroatoms. The van der Waals surface area contributed by atoms with E-state index in [1.54, 1.807) is 32.9 Å². The zero-order valence-corrected chi connectivity index (χ0v) is 25.6. The van der Waals surface area contributed by atoms with Crippen LogP contribution in [0.25, 0.3) is 0 Å². The molecule has 2 N–H and O–H groups in total. The number of rotatable bonds is 10. The first-order valence-corrected chi connectivity index (χ1v) is 15.8. The van der Waals surface area contributed by atoms with Crippen LogP contribution in [0.1, 0.15) is 76.7 Å². The number of ether oxygens (including phenoxy) is 2. The van der Waals surface area contributed by atoms with E-state index in [0.29, 0.717) is 23.1 Å². The van der Waals surface area contributed by atoms with Gasteiger partial charge in [-0.3, -0.25) is 4.79 Å². The van der Waals surface area contributed by atoms with Crippen molar-refractivity contribution in [2.45, 2.75) is 90.5 Å². The Labute approximate surface area is 238 Å². The zero-order valence-electron chi connectivity index (χ0n) is 24.8. The van der Waals surface area contributed by atoms with Crippen LogP contribution in [-0.2, 0) is 35.3 Å². The van der Waals surface area contributed by atoms with Gasteiger partial charge in [-0.2, -0.15) is 0 Å². The second-order valence-corrected chi connectivity index (χ2v) is 15.0. The van der Waals surface area contributed by atoms with Crippen LogP contribution in [0.3, 0.4) is 0 Å². The molecule has 5 atom stereocenters. The second-order valence-electron chi connectivity index (χ2n) is 13.1. The quantitative estimate of drug-likeness (QED) is 0.321. The maximum Gasteiger partial charge on any atom is 0.482 e. The number of hydrogen-bond donors (Lipinski definition) is 2. The number of hydrogen-bond acceptors (Lipinski definition) is 8. The molecule has 0 radical (unpaired) electrons. The third-order valence-electron chi connectivity index (χ3n) is 8.72. The molecule has 40 heavy (non-hydrogen) atoms. The van der Waals surface area contributed by atoms with Crippen molar-refractivity contribution in [1.82, 2.24) is 10.0 Å². The van der Waals surface area contributed by atoms with E-state index in [0.717, 1.165) is 19.1 Å². The highest BCUT2D eigenvalue weighted by Crippen LogP contribution is 2.65. The van der Waals surface area contributed by atoms with Gasteiger partial charge in [0, 0.05) is 13.0 Å². The van der Waals surface area contributed by atoms with Gasteiger partial charge < -0.3 is 24.1 Å². The summed E-state index contributed by atoms with van der Waals surface area (Å²) in [7, 11) is -2.66. The number of nitrogens with one attached hydrogen (secondary N) is 2. The highest BCUT2D eigenvalue weighted by atomic mass is 32.2. The third-order valence-corrected chi connectivity index (χ3v) is 9.45. The number of amides is 1. The summed E-state index contributed by atoms with van der Waals surface area (Å²) in [6.07, 6.45) is 3.16. The molecule has 5 unspecified atom stereocenters. The van der Waals surface area contributed by atoms with Crippen molar-refractivity contribution < 1.29 is 36.8 Å².